The second-order valence-electron chi connectivity index (χ2n) is 8.38. The maximum atomic E-state index is 14.3. The van der Waals surface area contributed by atoms with Crippen LogP contribution in [0.25, 0.3) is 11.1 Å². The van der Waals surface area contributed by atoms with Crippen molar-refractivity contribution in [3.8, 4) is 17.2 Å². The summed E-state index contributed by atoms with van der Waals surface area (Å²) in [5.74, 6) is -2.51. The molecule has 1 aliphatic rings. The van der Waals surface area contributed by atoms with Gasteiger partial charge in [0, 0.05) is 24.1 Å². The van der Waals surface area contributed by atoms with E-state index in [-0.39, 0.29) is 24.4 Å². The summed E-state index contributed by atoms with van der Waals surface area (Å²) in [5, 5.41) is 20.8. The summed E-state index contributed by atoms with van der Waals surface area (Å²) in [5.41, 5.74) is 3.20. The third kappa shape index (κ3) is 4.89. The molecule has 1 heterocycles. The van der Waals surface area contributed by atoms with Gasteiger partial charge in [-0.2, -0.15) is 5.26 Å². The molecule has 3 aromatic carbocycles. The third-order valence-corrected chi connectivity index (χ3v) is 6.05. The smallest absolute Gasteiger partial charge is 0.325 e. The normalized spacial score (nSPS) is 14.1. The van der Waals surface area contributed by atoms with Gasteiger partial charge in [0.25, 0.3) is 5.91 Å². The first-order valence-electron chi connectivity index (χ1n) is 11.0. The van der Waals surface area contributed by atoms with Gasteiger partial charge in [-0.3, -0.25) is 14.4 Å². The number of amides is 2. The molecule has 4 rings (SSSR count). The van der Waals surface area contributed by atoms with Gasteiger partial charge in [0.2, 0.25) is 5.91 Å². The van der Waals surface area contributed by atoms with E-state index >= 15 is 0 Å². The zero-order chi connectivity index (χ0) is 25.1. The van der Waals surface area contributed by atoms with Gasteiger partial charge < -0.3 is 15.3 Å². The SMILES string of the molecule is C[C@H](NC(=O)[C@H](Cc1ccc(-c2cc(C#N)ccc2F)cc1)N1Cc2ccccc2C1=O)C(=O)O. The highest BCUT2D eigenvalue weighted by Crippen LogP contribution is 2.28. The highest BCUT2D eigenvalue weighted by atomic mass is 19.1. The monoisotopic (exact) mass is 471 g/mol. The summed E-state index contributed by atoms with van der Waals surface area (Å²) in [6.45, 7) is 1.59. The highest BCUT2D eigenvalue weighted by molar-refractivity contribution is 6.01. The van der Waals surface area contributed by atoms with Crippen LogP contribution in [0.2, 0.25) is 0 Å². The quantitative estimate of drug-likeness (QED) is 0.548. The number of benzene rings is 3. The van der Waals surface area contributed by atoms with E-state index in [1.165, 1.54) is 30.0 Å². The fourth-order valence-electron chi connectivity index (χ4n) is 4.10. The van der Waals surface area contributed by atoms with Crippen LogP contribution in [0.4, 0.5) is 4.39 Å². The number of hydrogen-bond donors (Lipinski definition) is 2. The van der Waals surface area contributed by atoms with Gasteiger partial charge in [0.1, 0.15) is 17.9 Å². The molecule has 0 bridgehead atoms. The van der Waals surface area contributed by atoms with E-state index in [1.54, 1.807) is 36.4 Å². The largest absolute Gasteiger partial charge is 0.480 e. The highest BCUT2D eigenvalue weighted by Gasteiger charge is 2.37. The first kappa shape index (κ1) is 23.6. The van der Waals surface area contributed by atoms with Gasteiger partial charge in [-0.25, -0.2) is 4.39 Å². The molecule has 0 spiro atoms. The molecule has 2 atom stereocenters. The molecule has 0 saturated heterocycles. The lowest BCUT2D eigenvalue weighted by Crippen LogP contribution is -2.51. The van der Waals surface area contributed by atoms with Gasteiger partial charge in [0.15, 0.2) is 0 Å². The zero-order valence-electron chi connectivity index (χ0n) is 18.9. The predicted molar refractivity (Wildman–Crippen MR) is 126 cm³/mol. The zero-order valence-corrected chi connectivity index (χ0v) is 18.9. The number of aliphatic carboxylic acids is 1. The molecule has 3 aromatic rings. The molecule has 35 heavy (non-hydrogen) atoms. The van der Waals surface area contributed by atoms with Crippen molar-refractivity contribution < 1.29 is 23.9 Å². The first-order chi connectivity index (χ1) is 16.8. The van der Waals surface area contributed by atoms with Crippen LogP contribution in [-0.4, -0.2) is 39.9 Å². The Hall–Kier alpha value is -4.51. The van der Waals surface area contributed by atoms with Crippen LogP contribution >= 0.6 is 0 Å². The van der Waals surface area contributed by atoms with Crippen LogP contribution < -0.4 is 5.32 Å². The number of halogens is 1. The van der Waals surface area contributed by atoms with Crippen LogP contribution in [0.1, 0.15) is 34.0 Å². The average molecular weight is 471 g/mol. The van der Waals surface area contributed by atoms with Crippen LogP contribution in [0.15, 0.2) is 66.7 Å². The minimum atomic E-state index is -1.18. The minimum Gasteiger partial charge on any atom is -0.480 e. The van der Waals surface area contributed by atoms with Crippen LogP contribution in [-0.2, 0) is 22.6 Å². The second-order valence-corrected chi connectivity index (χ2v) is 8.38. The summed E-state index contributed by atoms with van der Waals surface area (Å²) in [4.78, 5) is 38.9. The summed E-state index contributed by atoms with van der Waals surface area (Å²) in [7, 11) is 0. The Morgan fingerprint density at radius 2 is 1.83 bits per heavy atom. The van der Waals surface area contributed by atoms with E-state index in [0.29, 0.717) is 22.3 Å². The number of carbonyl (C=O) groups excluding carboxylic acids is 2. The molecule has 0 aliphatic carbocycles. The first-order valence-corrected chi connectivity index (χ1v) is 11.0. The maximum absolute atomic E-state index is 14.3. The lowest BCUT2D eigenvalue weighted by molar-refractivity contribution is -0.142. The number of nitriles is 1. The molecule has 7 nitrogen and oxygen atoms in total. The Kier molecular flexibility index (Phi) is 6.60. The summed E-state index contributed by atoms with van der Waals surface area (Å²) < 4.78 is 14.3. The van der Waals surface area contributed by atoms with Crippen molar-refractivity contribution in [3.05, 3.63) is 94.8 Å². The van der Waals surface area contributed by atoms with E-state index in [1.807, 2.05) is 18.2 Å². The molecule has 8 heteroatoms. The number of nitrogens with one attached hydrogen (secondary N) is 1. The fourth-order valence-corrected chi connectivity index (χ4v) is 4.10. The van der Waals surface area contributed by atoms with E-state index in [2.05, 4.69) is 5.32 Å². The van der Waals surface area contributed by atoms with E-state index in [9.17, 15) is 23.9 Å². The van der Waals surface area contributed by atoms with Crippen LogP contribution in [0, 0.1) is 17.1 Å². The molecular formula is C27H22FN3O4. The van der Waals surface area contributed by atoms with E-state index in [0.717, 1.165) is 5.56 Å². The standard InChI is InChI=1S/C27H22FN3O4/c1-16(27(34)35)30-25(32)24(31-15-20-4-2-3-5-21(20)26(31)33)13-17-6-9-19(10-7-17)22-12-18(14-29)8-11-23(22)28/h2-12,16,24H,13,15H2,1H3,(H,30,32)(H,34,35)/t16-,24-/m0/s1. The Labute approximate surface area is 201 Å². The fraction of sp³-hybridized carbons (Fsp3) is 0.185. The predicted octanol–water partition coefficient (Wildman–Crippen LogP) is 3.52. The Bertz CT molecular complexity index is 1350. The van der Waals surface area contributed by atoms with Crippen molar-refractivity contribution in [2.24, 2.45) is 0 Å². The Morgan fingerprint density at radius 1 is 1.11 bits per heavy atom. The second kappa shape index (κ2) is 9.77. The van der Waals surface area contributed by atoms with Crippen molar-refractivity contribution in [2.75, 3.05) is 0 Å². The number of nitrogens with zero attached hydrogens (tertiary/aromatic N) is 2. The van der Waals surface area contributed by atoms with Gasteiger partial charge in [-0.1, -0.05) is 42.5 Å². The van der Waals surface area contributed by atoms with E-state index in [4.69, 9.17) is 5.26 Å². The van der Waals surface area contributed by atoms with Crippen LogP contribution in [0.5, 0.6) is 0 Å². The molecule has 1 aliphatic heterocycles. The molecule has 0 unspecified atom stereocenters. The van der Waals surface area contributed by atoms with Gasteiger partial charge >= 0.3 is 5.97 Å². The Balaban J connectivity index is 1.61. The molecule has 2 N–H and O–H groups in total. The summed E-state index contributed by atoms with van der Waals surface area (Å²) >= 11 is 0. The summed E-state index contributed by atoms with van der Waals surface area (Å²) in [6.07, 6.45) is 0.138. The van der Waals surface area contributed by atoms with Crippen molar-refractivity contribution in [1.29, 1.82) is 5.26 Å². The minimum absolute atomic E-state index is 0.138. The van der Waals surface area contributed by atoms with Crippen molar-refractivity contribution in [3.63, 3.8) is 0 Å². The van der Waals surface area contributed by atoms with E-state index < -0.39 is 29.8 Å². The van der Waals surface area contributed by atoms with Crippen molar-refractivity contribution >= 4 is 17.8 Å². The maximum Gasteiger partial charge on any atom is 0.325 e. The van der Waals surface area contributed by atoms with Gasteiger partial charge in [0.05, 0.1) is 11.6 Å². The number of carboxylic acid groups (broad SMARTS) is 1. The molecule has 0 fully saturated rings. The van der Waals surface area contributed by atoms with Crippen LogP contribution in [0.3, 0.4) is 0 Å². The average Bonchev–Trinajstić information content (AvgIpc) is 3.19. The van der Waals surface area contributed by atoms with Crippen molar-refractivity contribution in [2.45, 2.75) is 32.0 Å². The molecule has 0 radical (unpaired) electrons. The summed E-state index contributed by atoms with van der Waals surface area (Å²) in [6, 6.07) is 17.9. The molecule has 2 amide bonds. The van der Waals surface area contributed by atoms with Crippen molar-refractivity contribution in [1.82, 2.24) is 10.2 Å². The lowest BCUT2D eigenvalue weighted by Gasteiger charge is -2.28. The van der Waals surface area contributed by atoms with Gasteiger partial charge in [-0.05, 0) is 47.9 Å². The number of hydrogen-bond acceptors (Lipinski definition) is 4. The molecule has 0 saturated carbocycles. The molecule has 0 aromatic heterocycles. The topological polar surface area (TPSA) is 111 Å². The lowest BCUT2D eigenvalue weighted by atomic mass is 9.98. The molecular weight excluding hydrogens is 449 g/mol. The van der Waals surface area contributed by atoms with Gasteiger partial charge in [-0.15, -0.1) is 0 Å². The number of rotatable bonds is 7. The third-order valence-electron chi connectivity index (χ3n) is 6.05. The number of carbonyl (C=O) groups is 3. The number of fused-ring (bicyclic) bond motifs is 1. The number of carboxylic acids is 1. The molecule has 176 valence electrons. The Morgan fingerprint density at radius 3 is 2.49 bits per heavy atom.